The molecule has 2 rings (SSSR count). The van der Waals surface area contributed by atoms with Gasteiger partial charge in [-0.05, 0) is 40.2 Å². The molecule has 18 heavy (non-hydrogen) atoms. The number of carbonyl (C=O) groups excluding carboxylic acids is 1. The van der Waals surface area contributed by atoms with E-state index in [0.29, 0.717) is 0 Å². The lowest BCUT2D eigenvalue weighted by Crippen LogP contribution is -2.16. The molecule has 2 aromatic rings. The van der Waals surface area contributed by atoms with Crippen molar-refractivity contribution in [2.45, 2.75) is 0 Å². The summed E-state index contributed by atoms with van der Waals surface area (Å²) < 4.78 is 27.4. The number of amides is 1. The molecule has 1 heterocycles. The molecule has 0 aliphatic rings. The predicted octanol–water partition coefficient (Wildman–Crippen LogP) is 3.37. The Kier molecular flexibility index (Phi) is 3.66. The minimum absolute atomic E-state index is 0.214. The molecule has 1 aromatic heterocycles. The van der Waals surface area contributed by atoms with E-state index in [0.717, 1.165) is 16.6 Å². The first-order valence-corrected chi connectivity index (χ1v) is 5.74. The fourth-order valence-electron chi connectivity index (χ4n) is 1.34. The van der Waals surface area contributed by atoms with Gasteiger partial charge in [-0.15, -0.1) is 0 Å². The van der Waals surface area contributed by atoms with E-state index in [1.165, 1.54) is 18.3 Å². The summed E-state index contributed by atoms with van der Waals surface area (Å²) in [5.41, 5.74) is -0.623. The maximum Gasteiger partial charge on any atom is 0.262 e. The van der Waals surface area contributed by atoms with Crippen molar-refractivity contribution in [2.75, 3.05) is 5.32 Å². The van der Waals surface area contributed by atoms with Gasteiger partial charge in [0.15, 0.2) is 0 Å². The number of pyridine rings is 1. The van der Waals surface area contributed by atoms with Gasteiger partial charge < -0.3 is 5.32 Å². The molecule has 0 fully saturated rings. The van der Waals surface area contributed by atoms with Crippen molar-refractivity contribution < 1.29 is 13.6 Å². The Morgan fingerprint density at radius 2 is 1.83 bits per heavy atom. The van der Waals surface area contributed by atoms with Crippen molar-refractivity contribution in [3.05, 3.63) is 58.2 Å². The van der Waals surface area contributed by atoms with Crippen LogP contribution < -0.4 is 5.32 Å². The van der Waals surface area contributed by atoms with E-state index in [1.807, 2.05) is 0 Å². The normalized spacial score (nSPS) is 10.2. The molecule has 6 heteroatoms. The molecule has 0 saturated carbocycles. The minimum atomic E-state index is -0.912. The summed E-state index contributed by atoms with van der Waals surface area (Å²) in [6, 6.07) is 6.40. The number of nitrogens with one attached hydrogen (secondary N) is 1. The minimum Gasteiger partial charge on any atom is -0.306 e. The summed E-state index contributed by atoms with van der Waals surface area (Å²) in [6.45, 7) is 0. The summed E-state index contributed by atoms with van der Waals surface area (Å²) in [4.78, 5) is 15.6. The van der Waals surface area contributed by atoms with Gasteiger partial charge in [0.2, 0.25) is 0 Å². The highest BCUT2D eigenvalue weighted by Gasteiger charge is 2.17. The second kappa shape index (κ2) is 5.22. The molecule has 0 radical (unpaired) electrons. The van der Waals surface area contributed by atoms with Crippen LogP contribution in [0, 0.1) is 11.6 Å². The van der Waals surface area contributed by atoms with Crippen LogP contribution in [0.1, 0.15) is 10.4 Å². The van der Waals surface area contributed by atoms with Crippen LogP contribution in [-0.2, 0) is 0 Å². The smallest absolute Gasteiger partial charge is 0.262 e. The molecule has 1 N–H and O–H groups in total. The maximum absolute atomic E-state index is 13.3. The molecule has 0 unspecified atom stereocenters. The van der Waals surface area contributed by atoms with Crippen LogP contribution in [0.4, 0.5) is 14.6 Å². The van der Waals surface area contributed by atoms with Gasteiger partial charge >= 0.3 is 0 Å². The van der Waals surface area contributed by atoms with Crippen molar-refractivity contribution in [1.82, 2.24) is 4.98 Å². The quantitative estimate of drug-likeness (QED) is 0.923. The standard InChI is InChI=1S/C12H7BrF2N2O/c13-7-4-5-10(16-6-7)17-12(18)11-8(14)2-1-3-9(11)15/h1-6H,(H,16,17,18). The number of halogens is 3. The molecule has 0 spiro atoms. The van der Waals surface area contributed by atoms with Gasteiger partial charge in [0.1, 0.15) is 23.0 Å². The molecule has 0 saturated heterocycles. The fraction of sp³-hybridized carbons (Fsp3) is 0. The molecule has 1 amide bonds. The van der Waals surface area contributed by atoms with Gasteiger partial charge in [0.25, 0.3) is 5.91 Å². The molecular weight excluding hydrogens is 306 g/mol. The summed E-state index contributed by atoms with van der Waals surface area (Å²) in [5.74, 6) is -2.49. The maximum atomic E-state index is 13.3. The van der Waals surface area contributed by atoms with E-state index in [-0.39, 0.29) is 5.82 Å². The van der Waals surface area contributed by atoms with Crippen molar-refractivity contribution in [2.24, 2.45) is 0 Å². The molecule has 1 aromatic carbocycles. The van der Waals surface area contributed by atoms with Crippen LogP contribution in [0.25, 0.3) is 0 Å². The lowest BCUT2D eigenvalue weighted by atomic mass is 10.2. The molecule has 92 valence electrons. The summed E-state index contributed by atoms with van der Waals surface area (Å²) in [7, 11) is 0. The molecule has 3 nitrogen and oxygen atoms in total. The van der Waals surface area contributed by atoms with E-state index in [4.69, 9.17) is 0 Å². The number of hydrogen-bond donors (Lipinski definition) is 1. The van der Waals surface area contributed by atoms with Gasteiger partial charge in [0.05, 0.1) is 0 Å². The van der Waals surface area contributed by atoms with Gasteiger partial charge in [-0.2, -0.15) is 0 Å². The Morgan fingerprint density at radius 1 is 1.17 bits per heavy atom. The van der Waals surface area contributed by atoms with Gasteiger partial charge in [-0.25, -0.2) is 13.8 Å². The number of carbonyl (C=O) groups is 1. The van der Waals surface area contributed by atoms with E-state index in [2.05, 4.69) is 26.2 Å². The molecule has 0 bridgehead atoms. The topological polar surface area (TPSA) is 42.0 Å². The highest BCUT2D eigenvalue weighted by molar-refractivity contribution is 9.10. The number of hydrogen-bond acceptors (Lipinski definition) is 2. The Hall–Kier alpha value is -1.82. The van der Waals surface area contributed by atoms with Crippen LogP contribution >= 0.6 is 15.9 Å². The SMILES string of the molecule is O=C(Nc1ccc(Br)cn1)c1c(F)cccc1F. The lowest BCUT2D eigenvalue weighted by Gasteiger charge is -2.06. The zero-order valence-electron chi connectivity index (χ0n) is 8.95. The average Bonchev–Trinajstić information content (AvgIpc) is 2.32. The number of aromatic nitrogens is 1. The average molecular weight is 313 g/mol. The summed E-state index contributed by atoms with van der Waals surface area (Å²) >= 11 is 3.18. The van der Waals surface area contributed by atoms with Crippen molar-refractivity contribution >= 4 is 27.7 Å². The first-order chi connectivity index (χ1) is 8.58. The zero-order chi connectivity index (χ0) is 13.1. The Morgan fingerprint density at radius 3 is 2.39 bits per heavy atom. The lowest BCUT2D eigenvalue weighted by molar-refractivity contribution is 0.101. The van der Waals surface area contributed by atoms with Gasteiger partial charge in [-0.3, -0.25) is 4.79 Å². The summed E-state index contributed by atoms with van der Waals surface area (Å²) in [6.07, 6.45) is 1.47. The summed E-state index contributed by atoms with van der Waals surface area (Å²) in [5, 5.41) is 2.32. The van der Waals surface area contributed by atoms with E-state index >= 15 is 0 Å². The second-order valence-electron chi connectivity index (χ2n) is 3.41. The van der Waals surface area contributed by atoms with Crippen molar-refractivity contribution in [3.8, 4) is 0 Å². The fourth-order valence-corrected chi connectivity index (χ4v) is 1.58. The molecule has 0 aliphatic carbocycles. The molecule has 0 aliphatic heterocycles. The molecular formula is C12H7BrF2N2O. The number of rotatable bonds is 2. The van der Waals surface area contributed by atoms with Crippen LogP contribution in [-0.4, -0.2) is 10.9 Å². The Balaban J connectivity index is 2.25. The van der Waals surface area contributed by atoms with E-state index in [9.17, 15) is 13.6 Å². The zero-order valence-corrected chi connectivity index (χ0v) is 10.5. The first-order valence-electron chi connectivity index (χ1n) is 4.95. The first kappa shape index (κ1) is 12.6. The van der Waals surface area contributed by atoms with Crippen LogP contribution in [0.5, 0.6) is 0 Å². The van der Waals surface area contributed by atoms with Crippen LogP contribution in [0.2, 0.25) is 0 Å². The van der Waals surface area contributed by atoms with Crippen molar-refractivity contribution in [3.63, 3.8) is 0 Å². The number of benzene rings is 1. The molecule has 0 atom stereocenters. The number of nitrogens with zero attached hydrogens (tertiary/aromatic N) is 1. The monoisotopic (exact) mass is 312 g/mol. The van der Waals surface area contributed by atoms with E-state index < -0.39 is 23.1 Å². The highest BCUT2D eigenvalue weighted by atomic mass is 79.9. The second-order valence-corrected chi connectivity index (χ2v) is 4.33. The Bertz CT molecular complexity index is 567. The number of anilines is 1. The largest absolute Gasteiger partial charge is 0.306 e. The van der Waals surface area contributed by atoms with Crippen molar-refractivity contribution in [1.29, 1.82) is 0 Å². The highest BCUT2D eigenvalue weighted by Crippen LogP contribution is 2.15. The van der Waals surface area contributed by atoms with Crippen LogP contribution in [0.3, 0.4) is 0 Å². The van der Waals surface area contributed by atoms with E-state index in [1.54, 1.807) is 6.07 Å². The third-order valence-electron chi connectivity index (χ3n) is 2.16. The van der Waals surface area contributed by atoms with Gasteiger partial charge in [-0.1, -0.05) is 6.07 Å². The van der Waals surface area contributed by atoms with Crippen LogP contribution in [0.15, 0.2) is 41.0 Å². The third-order valence-corrected chi connectivity index (χ3v) is 2.63. The van der Waals surface area contributed by atoms with Gasteiger partial charge in [0, 0.05) is 10.7 Å². The predicted molar refractivity (Wildman–Crippen MR) is 66.2 cm³/mol. The third kappa shape index (κ3) is 2.70. The Labute approximate surface area is 110 Å².